The maximum Gasteiger partial charge on any atom is 0.251 e. The Morgan fingerprint density at radius 1 is 1.15 bits per heavy atom. The van der Waals surface area contributed by atoms with Crippen molar-refractivity contribution < 1.29 is 0 Å². The molecule has 0 atom stereocenters. The zero-order chi connectivity index (χ0) is 13.9. The van der Waals surface area contributed by atoms with Crippen molar-refractivity contribution in [1.29, 1.82) is 5.26 Å². The molecule has 0 radical (unpaired) electrons. The van der Waals surface area contributed by atoms with E-state index in [1.165, 1.54) is 17.4 Å². The molecule has 1 aromatic carbocycles. The molecule has 3 aromatic rings. The zero-order valence-corrected chi connectivity index (χ0v) is 11.1. The summed E-state index contributed by atoms with van der Waals surface area (Å²) in [5.74, 6) is 0.528. The molecule has 0 spiro atoms. The number of thiophene rings is 1. The van der Waals surface area contributed by atoms with Crippen LogP contribution >= 0.6 is 11.3 Å². The molecule has 0 saturated carbocycles. The normalized spacial score (nSPS) is 10.2. The van der Waals surface area contributed by atoms with E-state index in [-0.39, 0.29) is 5.56 Å². The van der Waals surface area contributed by atoms with Gasteiger partial charge in [-0.2, -0.15) is 5.26 Å². The first-order valence-electron chi connectivity index (χ1n) is 5.93. The van der Waals surface area contributed by atoms with Gasteiger partial charge in [-0.05, 0) is 12.1 Å². The van der Waals surface area contributed by atoms with E-state index in [0.717, 1.165) is 10.4 Å². The van der Waals surface area contributed by atoms with Gasteiger partial charge in [0, 0.05) is 11.6 Å². The van der Waals surface area contributed by atoms with Crippen LogP contribution in [0.3, 0.4) is 0 Å². The number of rotatable bonds is 2. The summed E-state index contributed by atoms with van der Waals surface area (Å²) in [7, 11) is 0. The number of H-pyrrole nitrogens is 1. The highest BCUT2D eigenvalue weighted by atomic mass is 32.1. The largest absolute Gasteiger partial charge is 0.306 e. The number of benzene rings is 1. The van der Waals surface area contributed by atoms with Crippen LogP contribution in [-0.4, -0.2) is 9.97 Å². The SMILES string of the molecule is N#Cc1ccc(-c2cc(=O)[nH]c(-c3ccccc3)n2)s1. The first-order chi connectivity index (χ1) is 9.76. The van der Waals surface area contributed by atoms with Crippen LogP contribution in [0.15, 0.2) is 53.3 Å². The standard InChI is InChI=1S/C15H9N3OS/c16-9-11-6-7-13(20-11)12-8-14(19)18-15(17-12)10-4-2-1-3-5-10/h1-8H,(H,17,18,19). The molecule has 0 unspecified atom stereocenters. The Labute approximate surface area is 119 Å². The summed E-state index contributed by atoms with van der Waals surface area (Å²) in [6.45, 7) is 0. The van der Waals surface area contributed by atoms with E-state index in [2.05, 4.69) is 16.0 Å². The minimum Gasteiger partial charge on any atom is -0.306 e. The van der Waals surface area contributed by atoms with Gasteiger partial charge >= 0.3 is 0 Å². The van der Waals surface area contributed by atoms with Crippen molar-refractivity contribution in [2.24, 2.45) is 0 Å². The number of nitrogens with zero attached hydrogens (tertiary/aromatic N) is 2. The monoisotopic (exact) mass is 279 g/mol. The quantitative estimate of drug-likeness (QED) is 0.783. The number of aromatic amines is 1. The molecule has 4 nitrogen and oxygen atoms in total. The highest BCUT2D eigenvalue weighted by molar-refractivity contribution is 7.15. The van der Waals surface area contributed by atoms with E-state index in [0.29, 0.717) is 16.4 Å². The van der Waals surface area contributed by atoms with E-state index in [1.54, 1.807) is 12.1 Å². The highest BCUT2D eigenvalue weighted by Gasteiger charge is 2.08. The van der Waals surface area contributed by atoms with Crippen LogP contribution in [0.1, 0.15) is 4.88 Å². The minimum absolute atomic E-state index is 0.208. The summed E-state index contributed by atoms with van der Waals surface area (Å²) in [5.41, 5.74) is 1.23. The second kappa shape index (κ2) is 5.11. The maximum atomic E-state index is 11.8. The van der Waals surface area contributed by atoms with Gasteiger partial charge in [0.05, 0.1) is 10.6 Å². The van der Waals surface area contributed by atoms with Crippen LogP contribution < -0.4 is 5.56 Å². The van der Waals surface area contributed by atoms with Crippen LogP contribution in [0.25, 0.3) is 22.0 Å². The molecule has 0 fully saturated rings. The van der Waals surface area contributed by atoms with Crippen molar-refractivity contribution in [2.75, 3.05) is 0 Å². The average Bonchev–Trinajstić information content (AvgIpc) is 2.96. The van der Waals surface area contributed by atoms with Gasteiger partial charge in [-0.15, -0.1) is 11.3 Å². The van der Waals surface area contributed by atoms with Gasteiger partial charge in [0.15, 0.2) is 0 Å². The fraction of sp³-hybridized carbons (Fsp3) is 0. The molecular formula is C15H9N3OS. The minimum atomic E-state index is -0.208. The zero-order valence-electron chi connectivity index (χ0n) is 10.3. The molecule has 2 heterocycles. The van der Waals surface area contributed by atoms with Crippen LogP contribution in [0.2, 0.25) is 0 Å². The van der Waals surface area contributed by atoms with Gasteiger partial charge in [0.25, 0.3) is 5.56 Å². The molecule has 0 aliphatic rings. The Hall–Kier alpha value is -2.71. The lowest BCUT2D eigenvalue weighted by Gasteiger charge is -2.02. The molecule has 20 heavy (non-hydrogen) atoms. The molecule has 0 aliphatic carbocycles. The van der Waals surface area contributed by atoms with Crippen LogP contribution in [0.5, 0.6) is 0 Å². The van der Waals surface area contributed by atoms with Crippen LogP contribution in [-0.2, 0) is 0 Å². The van der Waals surface area contributed by atoms with Gasteiger partial charge < -0.3 is 4.98 Å². The lowest BCUT2D eigenvalue weighted by molar-refractivity contribution is 1.14. The van der Waals surface area contributed by atoms with Crippen molar-refractivity contribution in [3.05, 3.63) is 63.8 Å². The smallest absolute Gasteiger partial charge is 0.251 e. The predicted octanol–water partition coefficient (Wildman–Crippen LogP) is 3.04. The molecule has 0 aliphatic heterocycles. The van der Waals surface area contributed by atoms with E-state index in [1.807, 2.05) is 30.3 Å². The summed E-state index contributed by atoms with van der Waals surface area (Å²) < 4.78 is 0. The Bertz CT molecular complexity index is 843. The molecule has 0 bridgehead atoms. The van der Waals surface area contributed by atoms with E-state index in [4.69, 9.17) is 5.26 Å². The van der Waals surface area contributed by atoms with E-state index >= 15 is 0 Å². The second-order valence-electron chi connectivity index (χ2n) is 4.12. The third kappa shape index (κ3) is 2.37. The number of nitriles is 1. The Kier molecular flexibility index (Phi) is 3.15. The molecule has 5 heteroatoms. The molecule has 1 N–H and O–H groups in total. The lowest BCUT2D eigenvalue weighted by atomic mass is 10.2. The summed E-state index contributed by atoms with van der Waals surface area (Å²) in [5, 5.41) is 8.86. The number of nitrogens with one attached hydrogen (secondary N) is 1. The van der Waals surface area contributed by atoms with Crippen molar-refractivity contribution in [2.45, 2.75) is 0 Å². The first kappa shape index (κ1) is 12.3. The molecular weight excluding hydrogens is 270 g/mol. The number of hydrogen-bond donors (Lipinski definition) is 1. The first-order valence-corrected chi connectivity index (χ1v) is 6.75. The topological polar surface area (TPSA) is 69.5 Å². The molecule has 96 valence electrons. The summed E-state index contributed by atoms with van der Waals surface area (Å²) in [4.78, 5) is 20.4. The third-order valence-electron chi connectivity index (χ3n) is 2.76. The fourth-order valence-electron chi connectivity index (χ4n) is 1.85. The maximum absolute atomic E-state index is 11.8. The Balaban J connectivity index is 2.12. The molecule has 3 rings (SSSR count). The molecule has 0 saturated heterocycles. The number of aromatic nitrogens is 2. The highest BCUT2D eigenvalue weighted by Crippen LogP contribution is 2.26. The Morgan fingerprint density at radius 3 is 2.65 bits per heavy atom. The van der Waals surface area contributed by atoms with Crippen molar-refractivity contribution >= 4 is 11.3 Å². The lowest BCUT2D eigenvalue weighted by Crippen LogP contribution is -2.08. The fourth-order valence-corrected chi connectivity index (χ4v) is 2.62. The van der Waals surface area contributed by atoms with Crippen molar-refractivity contribution in [3.63, 3.8) is 0 Å². The summed E-state index contributed by atoms with van der Waals surface area (Å²) >= 11 is 1.32. The van der Waals surface area contributed by atoms with Crippen LogP contribution in [0, 0.1) is 11.3 Å². The summed E-state index contributed by atoms with van der Waals surface area (Å²) in [6.07, 6.45) is 0. The second-order valence-corrected chi connectivity index (χ2v) is 5.20. The van der Waals surface area contributed by atoms with E-state index < -0.39 is 0 Å². The van der Waals surface area contributed by atoms with E-state index in [9.17, 15) is 4.79 Å². The van der Waals surface area contributed by atoms with Crippen molar-refractivity contribution in [3.8, 4) is 28.0 Å². The van der Waals surface area contributed by atoms with Crippen LogP contribution in [0.4, 0.5) is 0 Å². The Morgan fingerprint density at radius 2 is 1.95 bits per heavy atom. The predicted molar refractivity (Wildman–Crippen MR) is 78.3 cm³/mol. The van der Waals surface area contributed by atoms with Gasteiger partial charge in [0.1, 0.15) is 16.8 Å². The van der Waals surface area contributed by atoms with Gasteiger partial charge in [-0.1, -0.05) is 30.3 Å². The third-order valence-corrected chi connectivity index (χ3v) is 3.77. The van der Waals surface area contributed by atoms with Crippen molar-refractivity contribution in [1.82, 2.24) is 9.97 Å². The number of hydrogen-bond acceptors (Lipinski definition) is 4. The molecule has 2 aromatic heterocycles. The van der Waals surface area contributed by atoms with Gasteiger partial charge in [0.2, 0.25) is 0 Å². The van der Waals surface area contributed by atoms with Gasteiger partial charge in [-0.3, -0.25) is 4.79 Å². The summed E-state index contributed by atoms with van der Waals surface area (Å²) in [6, 6.07) is 16.5. The van der Waals surface area contributed by atoms with Gasteiger partial charge in [-0.25, -0.2) is 4.98 Å². The molecule has 0 amide bonds. The average molecular weight is 279 g/mol.